The van der Waals surface area contributed by atoms with Crippen molar-refractivity contribution in [1.29, 1.82) is 0 Å². The van der Waals surface area contributed by atoms with Crippen LogP contribution in [-0.2, 0) is 6.18 Å². The van der Waals surface area contributed by atoms with Crippen LogP contribution in [0.15, 0.2) is 54.7 Å². The summed E-state index contributed by atoms with van der Waals surface area (Å²) in [6.07, 6.45) is -2.87. The van der Waals surface area contributed by atoms with E-state index in [1.165, 1.54) is 19.4 Å². The molecule has 0 atom stereocenters. The molecule has 4 nitrogen and oxygen atoms in total. The van der Waals surface area contributed by atoms with E-state index in [2.05, 4.69) is 15.2 Å². The van der Waals surface area contributed by atoms with Gasteiger partial charge in [-0.3, -0.25) is 0 Å². The number of methoxy groups -OCH3 is 1. The van der Waals surface area contributed by atoms with Gasteiger partial charge in [0.1, 0.15) is 0 Å². The molecule has 2 aromatic carbocycles. The smallest absolute Gasteiger partial charge is 0.416 e. The first kappa shape index (κ1) is 15.9. The number of benzene rings is 2. The minimum atomic E-state index is -4.36. The van der Waals surface area contributed by atoms with Gasteiger partial charge >= 0.3 is 12.2 Å². The second kappa shape index (κ2) is 6.27. The van der Waals surface area contributed by atoms with Gasteiger partial charge in [-0.05, 0) is 23.3 Å². The Balaban J connectivity index is 1.92. The van der Waals surface area contributed by atoms with Crippen molar-refractivity contribution < 1.29 is 17.9 Å². The van der Waals surface area contributed by atoms with Crippen LogP contribution in [0.5, 0.6) is 6.01 Å². The summed E-state index contributed by atoms with van der Waals surface area (Å²) in [5, 5.41) is 7.48. The van der Waals surface area contributed by atoms with Crippen molar-refractivity contribution in [1.82, 2.24) is 15.2 Å². The lowest BCUT2D eigenvalue weighted by Crippen LogP contribution is -2.04. The van der Waals surface area contributed by atoms with Gasteiger partial charge in [-0.2, -0.15) is 23.3 Å². The highest BCUT2D eigenvalue weighted by Gasteiger charge is 2.30. The van der Waals surface area contributed by atoms with Gasteiger partial charge in [0.2, 0.25) is 0 Å². The van der Waals surface area contributed by atoms with Gasteiger partial charge in [0, 0.05) is 5.56 Å². The Morgan fingerprint density at radius 1 is 0.917 bits per heavy atom. The second-order valence-corrected chi connectivity index (χ2v) is 4.98. The van der Waals surface area contributed by atoms with Gasteiger partial charge in [-0.25, -0.2) is 0 Å². The third-order valence-electron chi connectivity index (χ3n) is 3.43. The Labute approximate surface area is 136 Å². The third-order valence-corrected chi connectivity index (χ3v) is 3.43. The summed E-state index contributed by atoms with van der Waals surface area (Å²) in [4.78, 5) is 4.17. The molecule has 1 heterocycles. The van der Waals surface area contributed by atoms with Gasteiger partial charge in [-0.1, -0.05) is 41.5 Å². The lowest BCUT2D eigenvalue weighted by Gasteiger charge is -2.09. The molecule has 0 unspecified atom stereocenters. The van der Waals surface area contributed by atoms with Gasteiger partial charge < -0.3 is 4.74 Å². The zero-order valence-corrected chi connectivity index (χ0v) is 12.6. The van der Waals surface area contributed by atoms with Crippen LogP contribution in [0.25, 0.3) is 22.4 Å². The van der Waals surface area contributed by atoms with E-state index in [0.717, 1.165) is 17.7 Å². The van der Waals surface area contributed by atoms with Crippen molar-refractivity contribution >= 4 is 0 Å². The Bertz CT molecular complexity index is 848. The molecule has 0 bridgehead atoms. The number of rotatable bonds is 3. The predicted octanol–water partition coefficient (Wildman–Crippen LogP) is 4.23. The molecule has 0 spiro atoms. The number of ether oxygens (including phenoxy) is 1. The fraction of sp³-hybridized carbons (Fsp3) is 0.118. The van der Waals surface area contributed by atoms with Crippen molar-refractivity contribution in [2.45, 2.75) is 6.18 Å². The molecular formula is C17H12F3N3O. The number of aromatic nitrogens is 3. The fourth-order valence-corrected chi connectivity index (χ4v) is 2.22. The summed E-state index contributed by atoms with van der Waals surface area (Å²) in [6, 6.07) is 12.4. The Kier molecular flexibility index (Phi) is 4.16. The maximum Gasteiger partial charge on any atom is 0.416 e. The molecule has 0 aliphatic heterocycles. The largest absolute Gasteiger partial charge is 0.466 e. The fourth-order valence-electron chi connectivity index (χ4n) is 2.22. The van der Waals surface area contributed by atoms with Crippen LogP contribution in [-0.4, -0.2) is 22.3 Å². The maximum absolute atomic E-state index is 12.8. The summed E-state index contributed by atoms with van der Waals surface area (Å²) < 4.78 is 43.3. The quantitative estimate of drug-likeness (QED) is 0.720. The highest BCUT2D eigenvalue weighted by molar-refractivity contribution is 5.69. The topological polar surface area (TPSA) is 47.9 Å². The van der Waals surface area contributed by atoms with Crippen LogP contribution in [0, 0.1) is 0 Å². The van der Waals surface area contributed by atoms with Gasteiger partial charge in [0.05, 0.1) is 24.6 Å². The normalized spacial score (nSPS) is 11.3. The second-order valence-electron chi connectivity index (χ2n) is 4.98. The van der Waals surface area contributed by atoms with E-state index in [0.29, 0.717) is 16.8 Å². The SMILES string of the molecule is COc1nncc(-c2ccc(-c3cccc(C(F)(F)F)c3)cc2)n1. The minimum Gasteiger partial charge on any atom is -0.466 e. The van der Waals surface area contributed by atoms with Crippen molar-refractivity contribution in [2.75, 3.05) is 7.11 Å². The molecule has 0 aliphatic rings. The van der Waals surface area contributed by atoms with Crippen LogP contribution in [0.3, 0.4) is 0 Å². The number of nitrogens with zero attached hydrogens (tertiary/aromatic N) is 3. The molecule has 1 aromatic heterocycles. The van der Waals surface area contributed by atoms with Crippen LogP contribution < -0.4 is 4.74 Å². The first-order valence-electron chi connectivity index (χ1n) is 6.99. The average molecular weight is 331 g/mol. The zero-order chi connectivity index (χ0) is 17.2. The van der Waals surface area contributed by atoms with Gasteiger partial charge in [0.15, 0.2) is 0 Å². The van der Waals surface area contributed by atoms with Crippen molar-refractivity contribution in [3.05, 3.63) is 60.3 Å². The molecule has 0 N–H and O–H groups in total. The lowest BCUT2D eigenvalue weighted by atomic mass is 10.0. The van der Waals surface area contributed by atoms with E-state index in [9.17, 15) is 13.2 Å². The zero-order valence-electron chi connectivity index (χ0n) is 12.6. The summed E-state index contributed by atoms with van der Waals surface area (Å²) >= 11 is 0. The van der Waals surface area contributed by atoms with Crippen LogP contribution in [0.4, 0.5) is 13.2 Å². The molecule has 0 saturated heterocycles. The minimum absolute atomic E-state index is 0.148. The van der Waals surface area contributed by atoms with Crippen molar-refractivity contribution in [3.63, 3.8) is 0 Å². The molecule has 122 valence electrons. The van der Waals surface area contributed by atoms with Crippen LogP contribution in [0.2, 0.25) is 0 Å². The summed E-state index contributed by atoms with van der Waals surface area (Å²) in [7, 11) is 1.44. The number of hydrogen-bond donors (Lipinski definition) is 0. The molecule has 7 heteroatoms. The highest BCUT2D eigenvalue weighted by Crippen LogP contribution is 2.32. The van der Waals surface area contributed by atoms with Gasteiger partial charge in [-0.15, -0.1) is 0 Å². The van der Waals surface area contributed by atoms with E-state index in [1.54, 1.807) is 30.3 Å². The van der Waals surface area contributed by atoms with E-state index >= 15 is 0 Å². The van der Waals surface area contributed by atoms with E-state index in [4.69, 9.17) is 4.74 Å². The summed E-state index contributed by atoms with van der Waals surface area (Å²) in [5.41, 5.74) is 1.83. The number of alkyl halides is 3. The first-order chi connectivity index (χ1) is 11.5. The maximum atomic E-state index is 12.8. The summed E-state index contributed by atoms with van der Waals surface area (Å²) in [6.45, 7) is 0. The molecule has 3 rings (SSSR count). The van der Waals surface area contributed by atoms with Crippen molar-refractivity contribution in [2.24, 2.45) is 0 Å². The first-order valence-corrected chi connectivity index (χ1v) is 6.99. The highest BCUT2D eigenvalue weighted by atomic mass is 19.4. The molecule has 0 amide bonds. The standard InChI is InChI=1S/C17H12F3N3O/c1-24-16-22-15(10-21-23-16)12-7-5-11(6-8-12)13-3-2-4-14(9-13)17(18,19)20/h2-10H,1H3. The molecular weight excluding hydrogens is 319 g/mol. The summed E-state index contributed by atoms with van der Waals surface area (Å²) in [5.74, 6) is 0. The third kappa shape index (κ3) is 3.34. The van der Waals surface area contributed by atoms with E-state index in [-0.39, 0.29) is 6.01 Å². The Morgan fingerprint density at radius 3 is 2.29 bits per heavy atom. The van der Waals surface area contributed by atoms with Crippen molar-refractivity contribution in [3.8, 4) is 28.4 Å². The molecule has 0 fully saturated rings. The van der Waals surface area contributed by atoms with Crippen LogP contribution in [0.1, 0.15) is 5.56 Å². The number of halogens is 3. The molecule has 3 aromatic rings. The molecule has 24 heavy (non-hydrogen) atoms. The Morgan fingerprint density at radius 2 is 1.62 bits per heavy atom. The molecule has 0 radical (unpaired) electrons. The van der Waals surface area contributed by atoms with Gasteiger partial charge in [0.25, 0.3) is 0 Å². The molecule has 0 saturated carbocycles. The average Bonchev–Trinajstić information content (AvgIpc) is 2.61. The van der Waals surface area contributed by atoms with E-state index < -0.39 is 11.7 Å². The number of hydrogen-bond acceptors (Lipinski definition) is 4. The Hall–Kier alpha value is -2.96. The molecule has 0 aliphatic carbocycles. The monoisotopic (exact) mass is 331 g/mol. The van der Waals surface area contributed by atoms with Crippen LogP contribution >= 0.6 is 0 Å². The predicted molar refractivity (Wildman–Crippen MR) is 82.3 cm³/mol. The van der Waals surface area contributed by atoms with E-state index in [1.807, 2.05) is 0 Å². The lowest BCUT2D eigenvalue weighted by molar-refractivity contribution is -0.137.